The topological polar surface area (TPSA) is 46.3 Å². The average molecular weight is 396 g/mol. The lowest BCUT2D eigenvalue weighted by Crippen LogP contribution is -2.32. The molecular formula is C15H12Br2N2O. The summed E-state index contributed by atoms with van der Waals surface area (Å²) in [6, 6.07) is 15.1. The van der Waals surface area contributed by atoms with Crippen molar-refractivity contribution in [3.05, 3.63) is 59.7 Å². The second-order valence-corrected chi connectivity index (χ2v) is 6.57. The number of halogens is 2. The van der Waals surface area contributed by atoms with Crippen LogP contribution in [-0.2, 0) is 0 Å². The molecule has 0 aromatic heterocycles. The van der Waals surface area contributed by atoms with Crippen LogP contribution in [0.3, 0.4) is 0 Å². The second-order valence-electron chi connectivity index (χ2n) is 4.59. The number of carbonyl (C=O) groups excluding carboxylic acids is 1. The molecular weight excluding hydrogens is 384 g/mol. The number of anilines is 2. The van der Waals surface area contributed by atoms with Crippen LogP contribution in [-0.4, -0.2) is 6.03 Å². The zero-order valence-corrected chi connectivity index (χ0v) is 13.6. The predicted octanol–water partition coefficient (Wildman–Crippen LogP) is 4.79. The van der Waals surface area contributed by atoms with Crippen molar-refractivity contribution in [3.8, 4) is 0 Å². The van der Waals surface area contributed by atoms with E-state index in [2.05, 4.69) is 31.9 Å². The summed E-state index contributed by atoms with van der Waals surface area (Å²) in [5.41, 5.74) is 9.31. The number of para-hydroxylation sites is 2. The van der Waals surface area contributed by atoms with E-state index in [0.29, 0.717) is 0 Å². The van der Waals surface area contributed by atoms with Crippen molar-refractivity contribution < 1.29 is 4.79 Å². The van der Waals surface area contributed by atoms with Gasteiger partial charge in [-0.2, -0.15) is 0 Å². The minimum Gasteiger partial charge on any atom is -0.351 e. The molecule has 1 aliphatic heterocycles. The van der Waals surface area contributed by atoms with Crippen LogP contribution in [0.15, 0.2) is 48.5 Å². The first kappa shape index (κ1) is 13.6. The highest BCUT2D eigenvalue weighted by atomic mass is 79.9. The van der Waals surface area contributed by atoms with Gasteiger partial charge in [0.25, 0.3) is 0 Å². The Morgan fingerprint density at radius 3 is 1.70 bits per heavy atom. The first-order chi connectivity index (χ1) is 9.61. The SMILES string of the molecule is NC(=O)N1c2ccccc2[C@H](Br)[C@@H](Br)c2ccccc21. The van der Waals surface area contributed by atoms with Gasteiger partial charge in [0.1, 0.15) is 0 Å². The fourth-order valence-corrected chi connectivity index (χ4v) is 3.88. The maximum atomic E-state index is 12.0. The number of urea groups is 1. The zero-order valence-electron chi connectivity index (χ0n) is 10.5. The zero-order chi connectivity index (χ0) is 14.3. The third kappa shape index (κ3) is 2.05. The summed E-state index contributed by atoms with van der Waals surface area (Å²) in [5.74, 6) is 0. The van der Waals surface area contributed by atoms with Crippen LogP contribution in [0.4, 0.5) is 16.2 Å². The van der Waals surface area contributed by atoms with Gasteiger partial charge in [0.2, 0.25) is 0 Å². The van der Waals surface area contributed by atoms with E-state index in [0.717, 1.165) is 22.5 Å². The molecule has 0 unspecified atom stereocenters. The fourth-order valence-electron chi connectivity index (χ4n) is 2.53. The summed E-state index contributed by atoms with van der Waals surface area (Å²) in [4.78, 5) is 13.7. The standard InChI is InChI=1S/C15H12Br2N2O/c16-13-9-5-1-3-7-11(9)19(15(18)20)12-8-4-2-6-10(12)14(13)17/h1-8,13-14H,(H2,18,20)/t13-,14-/m0/s1. The minimum atomic E-state index is -0.480. The highest BCUT2D eigenvalue weighted by Crippen LogP contribution is 2.52. The van der Waals surface area contributed by atoms with Crippen molar-refractivity contribution in [2.24, 2.45) is 5.73 Å². The number of nitrogens with zero attached hydrogens (tertiary/aromatic N) is 1. The smallest absolute Gasteiger partial charge is 0.323 e. The molecule has 2 atom stereocenters. The molecule has 0 spiro atoms. The first-order valence-corrected chi connectivity index (χ1v) is 8.00. The third-order valence-corrected chi connectivity index (χ3v) is 6.18. The number of amides is 2. The second kappa shape index (κ2) is 5.22. The van der Waals surface area contributed by atoms with Gasteiger partial charge in [0.05, 0.1) is 21.0 Å². The number of rotatable bonds is 0. The van der Waals surface area contributed by atoms with E-state index in [-0.39, 0.29) is 9.65 Å². The van der Waals surface area contributed by atoms with Crippen LogP contribution in [0, 0.1) is 0 Å². The molecule has 0 saturated heterocycles. The lowest BCUT2D eigenvalue weighted by Gasteiger charge is -2.22. The Balaban J connectivity index is 2.33. The molecule has 1 aliphatic rings. The van der Waals surface area contributed by atoms with Gasteiger partial charge >= 0.3 is 6.03 Å². The fraction of sp³-hybridized carbons (Fsp3) is 0.133. The van der Waals surface area contributed by atoms with Crippen molar-refractivity contribution in [2.45, 2.75) is 9.65 Å². The number of hydrogen-bond acceptors (Lipinski definition) is 1. The lowest BCUT2D eigenvalue weighted by molar-refractivity contribution is 0.256. The number of alkyl halides is 2. The van der Waals surface area contributed by atoms with E-state index in [4.69, 9.17) is 5.73 Å². The van der Waals surface area contributed by atoms with Crippen molar-refractivity contribution in [3.63, 3.8) is 0 Å². The summed E-state index contributed by atoms with van der Waals surface area (Å²) in [6.07, 6.45) is 0. The molecule has 2 amide bonds. The summed E-state index contributed by atoms with van der Waals surface area (Å²) >= 11 is 7.45. The van der Waals surface area contributed by atoms with Crippen molar-refractivity contribution in [2.75, 3.05) is 4.90 Å². The highest BCUT2D eigenvalue weighted by molar-refractivity contribution is 9.12. The van der Waals surface area contributed by atoms with Gasteiger partial charge < -0.3 is 5.73 Å². The number of primary amides is 1. The Morgan fingerprint density at radius 2 is 1.30 bits per heavy atom. The van der Waals surface area contributed by atoms with E-state index >= 15 is 0 Å². The maximum Gasteiger partial charge on any atom is 0.323 e. The minimum absolute atomic E-state index is 0.0594. The quantitative estimate of drug-likeness (QED) is 0.640. The summed E-state index contributed by atoms with van der Waals surface area (Å²) in [7, 11) is 0. The van der Waals surface area contributed by atoms with Gasteiger partial charge in [0, 0.05) is 0 Å². The molecule has 3 rings (SSSR count). The summed E-state index contributed by atoms with van der Waals surface area (Å²) in [5, 5.41) is 0. The normalized spacial score (nSPS) is 20.8. The van der Waals surface area contributed by atoms with Crippen LogP contribution >= 0.6 is 31.9 Å². The summed E-state index contributed by atoms with van der Waals surface area (Å²) < 4.78 is 0. The molecule has 0 radical (unpaired) electrons. The number of nitrogens with two attached hydrogens (primary N) is 1. The number of hydrogen-bond donors (Lipinski definition) is 1. The Morgan fingerprint density at radius 1 is 0.900 bits per heavy atom. The Kier molecular flexibility index (Phi) is 3.56. The van der Waals surface area contributed by atoms with Gasteiger partial charge in [0.15, 0.2) is 0 Å². The van der Waals surface area contributed by atoms with E-state index < -0.39 is 6.03 Å². The van der Waals surface area contributed by atoms with Crippen LogP contribution in [0.1, 0.15) is 20.8 Å². The number of benzene rings is 2. The van der Waals surface area contributed by atoms with Gasteiger partial charge in [-0.05, 0) is 23.3 Å². The van der Waals surface area contributed by atoms with Gasteiger partial charge in [-0.3, -0.25) is 4.90 Å². The molecule has 0 aliphatic carbocycles. The maximum absolute atomic E-state index is 12.0. The molecule has 102 valence electrons. The van der Waals surface area contributed by atoms with Crippen LogP contribution in [0.25, 0.3) is 0 Å². The number of carbonyl (C=O) groups is 1. The first-order valence-electron chi connectivity index (χ1n) is 6.17. The molecule has 2 aromatic carbocycles. The Hall–Kier alpha value is -1.33. The molecule has 0 saturated carbocycles. The van der Waals surface area contributed by atoms with E-state index in [1.54, 1.807) is 4.90 Å². The van der Waals surface area contributed by atoms with Gasteiger partial charge in [-0.1, -0.05) is 68.3 Å². The molecule has 1 heterocycles. The van der Waals surface area contributed by atoms with Crippen LogP contribution < -0.4 is 10.6 Å². The molecule has 0 fully saturated rings. The van der Waals surface area contributed by atoms with Gasteiger partial charge in [-0.15, -0.1) is 0 Å². The number of fused-ring (bicyclic) bond motifs is 2. The predicted molar refractivity (Wildman–Crippen MR) is 87.9 cm³/mol. The van der Waals surface area contributed by atoms with E-state index in [1.807, 2.05) is 48.5 Å². The van der Waals surface area contributed by atoms with Crippen LogP contribution in [0.2, 0.25) is 0 Å². The third-order valence-electron chi connectivity index (χ3n) is 3.43. The molecule has 20 heavy (non-hydrogen) atoms. The monoisotopic (exact) mass is 394 g/mol. The molecule has 0 bridgehead atoms. The largest absolute Gasteiger partial charge is 0.351 e. The van der Waals surface area contributed by atoms with Crippen LogP contribution in [0.5, 0.6) is 0 Å². The molecule has 2 aromatic rings. The Bertz CT molecular complexity index is 623. The molecule has 5 heteroatoms. The van der Waals surface area contributed by atoms with E-state index in [9.17, 15) is 4.79 Å². The van der Waals surface area contributed by atoms with Crippen molar-refractivity contribution in [1.29, 1.82) is 0 Å². The van der Waals surface area contributed by atoms with E-state index in [1.165, 1.54) is 0 Å². The average Bonchev–Trinajstić information content (AvgIpc) is 2.55. The van der Waals surface area contributed by atoms with Crippen molar-refractivity contribution in [1.82, 2.24) is 0 Å². The Labute approximate surface area is 134 Å². The lowest BCUT2D eigenvalue weighted by atomic mass is 10.0. The van der Waals surface area contributed by atoms with Gasteiger partial charge in [-0.25, -0.2) is 4.79 Å². The molecule has 3 nitrogen and oxygen atoms in total. The summed E-state index contributed by atoms with van der Waals surface area (Å²) in [6.45, 7) is 0. The van der Waals surface area contributed by atoms with Crippen molar-refractivity contribution >= 4 is 49.3 Å². The molecule has 2 N–H and O–H groups in total. The highest BCUT2D eigenvalue weighted by Gasteiger charge is 2.33.